The van der Waals surface area contributed by atoms with Gasteiger partial charge in [0.1, 0.15) is 17.4 Å². The van der Waals surface area contributed by atoms with Crippen molar-refractivity contribution < 1.29 is 23.7 Å². The first-order chi connectivity index (χ1) is 13.1. The highest BCUT2D eigenvalue weighted by Gasteiger charge is 2.35. The van der Waals surface area contributed by atoms with E-state index in [1.54, 1.807) is 24.3 Å². The van der Waals surface area contributed by atoms with Gasteiger partial charge in [0.15, 0.2) is 23.0 Å². The Labute approximate surface area is 160 Å². The Morgan fingerprint density at radius 2 is 1.70 bits per heavy atom. The molecule has 0 unspecified atom stereocenters. The van der Waals surface area contributed by atoms with Gasteiger partial charge in [0, 0.05) is 22.7 Å². The molecule has 7 nitrogen and oxygen atoms in total. The second-order valence-electron chi connectivity index (χ2n) is 5.90. The van der Waals surface area contributed by atoms with Crippen LogP contribution in [0.5, 0.6) is 28.7 Å². The lowest BCUT2D eigenvalue weighted by molar-refractivity contribution is 0.174. The topological polar surface area (TPSA) is 96.0 Å². The number of methoxy groups -OCH3 is 2. The van der Waals surface area contributed by atoms with E-state index < -0.39 is 5.92 Å². The van der Waals surface area contributed by atoms with Gasteiger partial charge in [-0.2, -0.15) is 5.26 Å². The summed E-state index contributed by atoms with van der Waals surface area (Å²) in [7, 11) is 3.05. The fraction of sp³-hybridized carbons (Fsp3) is 0.211. The molecule has 1 atom stereocenters. The van der Waals surface area contributed by atoms with Crippen LogP contribution in [-0.2, 0) is 0 Å². The minimum Gasteiger partial charge on any atom is -0.493 e. The number of hydrogen-bond acceptors (Lipinski definition) is 7. The van der Waals surface area contributed by atoms with Crippen molar-refractivity contribution in [3.8, 4) is 34.8 Å². The Balaban J connectivity index is 1.95. The molecule has 2 heterocycles. The summed E-state index contributed by atoms with van der Waals surface area (Å²) in [5.41, 5.74) is 7.59. The summed E-state index contributed by atoms with van der Waals surface area (Å²) in [6.45, 7) is 0.119. The number of nitriles is 1. The smallest absolute Gasteiger partial charge is 0.231 e. The number of rotatable bonds is 3. The van der Waals surface area contributed by atoms with Crippen molar-refractivity contribution in [1.82, 2.24) is 0 Å². The van der Waals surface area contributed by atoms with Crippen molar-refractivity contribution in [3.63, 3.8) is 0 Å². The van der Waals surface area contributed by atoms with E-state index in [-0.39, 0.29) is 18.2 Å². The zero-order chi connectivity index (χ0) is 19.1. The minimum atomic E-state index is -0.555. The molecule has 0 saturated carbocycles. The quantitative estimate of drug-likeness (QED) is 0.864. The standard InChI is InChI=1S/C19H15ClN2O5/c1-23-14-3-9(12(20)5-15(14)24-2)18-10-4-16-17(26-8-25-16)6-13(10)27-19(22)11(18)7-21/h3-6,18H,8,22H2,1-2H3/t18-/m1/s1. The maximum atomic E-state index is 9.71. The van der Waals surface area contributed by atoms with Crippen molar-refractivity contribution in [3.05, 3.63) is 51.9 Å². The van der Waals surface area contributed by atoms with Crippen LogP contribution >= 0.6 is 11.6 Å². The van der Waals surface area contributed by atoms with E-state index in [1.165, 1.54) is 14.2 Å². The van der Waals surface area contributed by atoms with Gasteiger partial charge in [-0.3, -0.25) is 0 Å². The van der Waals surface area contributed by atoms with Gasteiger partial charge in [0.05, 0.1) is 20.1 Å². The third-order valence-electron chi connectivity index (χ3n) is 4.52. The number of hydrogen-bond donors (Lipinski definition) is 1. The average molecular weight is 387 g/mol. The molecule has 0 bridgehead atoms. The van der Waals surface area contributed by atoms with Crippen LogP contribution in [0, 0.1) is 11.3 Å². The number of ether oxygens (including phenoxy) is 5. The molecule has 0 fully saturated rings. The first kappa shape index (κ1) is 17.2. The van der Waals surface area contributed by atoms with E-state index >= 15 is 0 Å². The van der Waals surface area contributed by atoms with Crippen molar-refractivity contribution in [2.45, 2.75) is 5.92 Å². The van der Waals surface area contributed by atoms with Gasteiger partial charge in [-0.15, -0.1) is 0 Å². The molecule has 0 saturated heterocycles. The molecule has 2 N–H and O–H groups in total. The Kier molecular flexibility index (Phi) is 4.13. The Hall–Kier alpha value is -3.24. The minimum absolute atomic E-state index is 0.0136. The first-order valence-corrected chi connectivity index (χ1v) is 8.37. The number of halogens is 1. The van der Waals surface area contributed by atoms with E-state index in [1.807, 2.05) is 0 Å². The molecule has 0 aromatic heterocycles. The Bertz CT molecular complexity index is 1010. The zero-order valence-corrected chi connectivity index (χ0v) is 15.3. The highest BCUT2D eigenvalue weighted by molar-refractivity contribution is 6.31. The van der Waals surface area contributed by atoms with Gasteiger partial charge < -0.3 is 29.4 Å². The van der Waals surface area contributed by atoms with Gasteiger partial charge in [-0.25, -0.2) is 0 Å². The first-order valence-electron chi connectivity index (χ1n) is 8.00. The summed E-state index contributed by atoms with van der Waals surface area (Å²) < 4.78 is 27.2. The second-order valence-corrected chi connectivity index (χ2v) is 6.30. The summed E-state index contributed by atoms with van der Waals surface area (Å²) in [6, 6.07) is 8.98. The van der Waals surface area contributed by atoms with Gasteiger partial charge >= 0.3 is 0 Å². The lowest BCUT2D eigenvalue weighted by atomic mass is 9.83. The molecule has 0 spiro atoms. The normalized spacial score (nSPS) is 17.0. The fourth-order valence-corrected chi connectivity index (χ4v) is 3.52. The van der Waals surface area contributed by atoms with Crippen molar-refractivity contribution in [2.24, 2.45) is 5.73 Å². The number of nitrogens with zero attached hydrogens (tertiary/aromatic N) is 1. The lowest BCUT2D eigenvalue weighted by Crippen LogP contribution is -2.21. The molecule has 0 amide bonds. The van der Waals surface area contributed by atoms with Gasteiger partial charge in [0.2, 0.25) is 12.7 Å². The van der Waals surface area contributed by atoms with Crippen LogP contribution < -0.4 is 29.4 Å². The number of allylic oxidation sites excluding steroid dienone is 1. The predicted molar refractivity (Wildman–Crippen MR) is 96.4 cm³/mol. The van der Waals surface area contributed by atoms with E-state index in [0.29, 0.717) is 44.9 Å². The largest absolute Gasteiger partial charge is 0.493 e. The van der Waals surface area contributed by atoms with Crippen LogP contribution in [0.15, 0.2) is 35.7 Å². The van der Waals surface area contributed by atoms with E-state index in [9.17, 15) is 5.26 Å². The molecule has 2 aliphatic heterocycles. The SMILES string of the molecule is COc1cc(Cl)c([C@H]2C(C#N)=C(N)Oc3cc4c(cc32)OCO4)cc1OC. The van der Waals surface area contributed by atoms with Crippen molar-refractivity contribution in [2.75, 3.05) is 21.0 Å². The highest BCUT2D eigenvalue weighted by atomic mass is 35.5. The molecule has 2 aliphatic rings. The fourth-order valence-electron chi connectivity index (χ4n) is 3.26. The Morgan fingerprint density at radius 1 is 1.04 bits per heavy atom. The highest BCUT2D eigenvalue weighted by Crippen LogP contribution is 2.50. The third-order valence-corrected chi connectivity index (χ3v) is 4.85. The molecule has 0 radical (unpaired) electrons. The average Bonchev–Trinajstić information content (AvgIpc) is 3.12. The van der Waals surface area contributed by atoms with Gasteiger partial charge in [0.25, 0.3) is 0 Å². The molecule has 138 valence electrons. The summed E-state index contributed by atoms with van der Waals surface area (Å²) in [5, 5.41) is 10.1. The maximum Gasteiger partial charge on any atom is 0.231 e. The predicted octanol–water partition coefficient (Wildman–Crippen LogP) is 3.30. The molecule has 4 rings (SSSR count). The van der Waals surface area contributed by atoms with Crippen LogP contribution in [0.2, 0.25) is 5.02 Å². The number of fused-ring (bicyclic) bond motifs is 2. The molecule has 2 aromatic rings. The molecule has 0 aliphatic carbocycles. The monoisotopic (exact) mass is 386 g/mol. The summed E-state index contributed by atoms with van der Waals surface area (Å²) in [5.74, 6) is 2.03. The van der Waals surface area contributed by atoms with Crippen LogP contribution in [-0.4, -0.2) is 21.0 Å². The van der Waals surface area contributed by atoms with Crippen LogP contribution in [0.3, 0.4) is 0 Å². The second kappa shape index (κ2) is 6.49. The molecule has 2 aromatic carbocycles. The Morgan fingerprint density at radius 3 is 2.37 bits per heavy atom. The van der Waals surface area contributed by atoms with Crippen molar-refractivity contribution in [1.29, 1.82) is 5.26 Å². The molecular weight excluding hydrogens is 372 g/mol. The number of nitrogens with two attached hydrogens (primary N) is 1. The molecule has 27 heavy (non-hydrogen) atoms. The third kappa shape index (κ3) is 2.66. The summed E-state index contributed by atoms with van der Waals surface area (Å²) >= 11 is 6.52. The van der Waals surface area contributed by atoms with E-state index in [4.69, 9.17) is 41.0 Å². The van der Waals surface area contributed by atoms with E-state index in [0.717, 1.165) is 0 Å². The van der Waals surface area contributed by atoms with Crippen molar-refractivity contribution >= 4 is 11.6 Å². The zero-order valence-electron chi connectivity index (χ0n) is 14.5. The number of benzene rings is 2. The lowest BCUT2D eigenvalue weighted by Gasteiger charge is -2.27. The van der Waals surface area contributed by atoms with E-state index in [2.05, 4.69) is 6.07 Å². The molecular formula is C19H15ClN2O5. The van der Waals surface area contributed by atoms with Crippen LogP contribution in [0.1, 0.15) is 17.0 Å². The maximum absolute atomic E-state index is 9.71. The van der Waals surface area contributed by atoms with Crippen LogP contribution in [0.4, 0.5) is 0 Å². The van der Waals surface area contributed by atoms with Gasteiger partial charge in [-0.1, -0.05) is 11.6 Å². The molecule has 8 heteroatoms. The summed E-state index contributed by atoms with van der Waals surface area (Å²) in [4.78, 5) is 0. The van der Waals surface area contributed by atoms with Gasteiger partial charge in [-0.05, 0) is 17.7 Å². The summed E-state index contributed by atoms with van der Waals surface area (Å²) in [6.07, 6.45) is 0. The van der Waals surface area contributed by atoms with Crippen LogP contribution in [0.25, 0.3) is 0 Å².